The van der Waals surface area contributed by atoms with E-state index in [9.17, 15) is 0 Å². The van der Waals surface area contributed by atoms with Crippen molar-refractivity contribution >= 4 is 11.6 Å². The van der Waals surface area contributed by atoms with Crippen molar-refractivity contribution < 1.29 is 4.74 Å². The van der Waals surface area contributed by atoms with E-state index in [2.05, 4.69) is 24.9 Å². The average Bonchev–Trinajstić information content (AvgIpc) is 2.47. The number of rotatable bonds is 5. The highest BCUT2D eigenvalue weighted by Gasteiger charge is 2.10. The van der Waals surface area contributed by atoms with Crippen LogP contribution in [0.5, 0.6) is 11.6 Å². The summed E-state index contributed by atoms with van der Waals surface area (Å²) in [6.45, 7) is 4.37. The van der Waals surface area contributed by atoms with Gasteiger partial charge in [-0.25, -0.2) is 4.98 Å². The molecule has 1 aromatic heterocycles. The van der Waals surface area contributed by atoms with Gasteiger partial charge in [0.2, 0.25) is 5.88 Å². The molecule has 0 radical (unpaired) electrons. The average molecular weight is 276 g/mol. The van der Waals surface area contributed by atoms with Crippen molar-refractivity contribution in [2.45, 2.75) is 32.1 Å². The number of halogens is 1. The number of hydrogen-bond donors (Lipinski definition) is 0. The molecule has 0 aliphatic rings. The molecule has 2 aromatic rings. The van der Waals surface area contributed by atoms with Crippen LogP contribution < -0.4 is 4.74 Å². The molecule has 2 nitrogen and oxygen atoms in total. The SMILES string of the molecule is CCC(C)c1ccccc1Oc1cc(CCl)ccn1. The van der Waals surface area contributed by atoms with Crippen molar-refractivity contribution in [3.8, 4) is 11.6 Å². The van der Waals surface area contributed by atoms with Crippen molar-refractivity contribution in [3.05, 3.63) is 53.7 Å². The van der Waals surface area contributed by atoms with E-state index in [1.807, 2.05) is 30.3 Å². The van der Waals surface area contributed by atoms with Crippen molar-refractivity contribution in [3.63, 3.8) is 0 Å². The summed E-state index contributed by atoms with van der Waals surface area (Å²) in [6, 6.07) is 11.9. The molecule has 0 saturated carbocycles. The van der Waals surface area contributed by atoms with E-state index in [0.717, 1.165) is 17.7 Å². The molecule has 0 spiro atoms. The van der Waals surface area contributed by atoms with E-state index >= 15 is 0 Å². The Balaban J connectivity index is 2.27. The molecule has 1 heterocycles. The molecule has 0 amide bonds. The number of pyridine rings is 1. The summed E-state index contributed by atoms with van der Waals surface area (Å²) in [6.07, 6.45) is 2.80. The minimum Gasteiger partial charge on any atom is -0.439 e. The first-order valence-corrected chi connectivity index (χ1v) is 7.05. The topological polar surface area (TPSA) is 22.1 Å². The number of para-hydroxylation sites is 1. The molecule has 100 valence electrons. The van der Waals surface area contributed by atoms with Crippen LogP contribution in [0.15, 0.2) is 42.6 Å². The van der Waals surface area contributed by atoms with Gasteiger partial charge in [0.25, 0.3) is 0 Å². The quantitative estimate of drug-likeness (QED) is 0.706. The Morgan fingerprint density at radius 1 is 1.26 bits per heavy atom. The lowest BCUT2D eigenvalue weighted by molar-refractivity contribution is 0.451. The van der Waals surface area contributed by atoms with Crippen LogP contribution in [-0.4, -0.2) is 4.98 Å². The molecule has 1 unspecified atom stereocenters. The number of nitrogens with zero attached hydrogens (tertiary/aromatic N) is 1. The molecular formula is C16H18ClNO. The first-order valence-electron chi connectivity index (χ1n) is 6.52. The Kier molecular flexibility index (Phi) is 4.80. The molecular weight excluding hydrogens is 258 g/mol. The van der Waals surface area contributed by atoms with Gasteiger partial charge in [0.1, 0.15) is 5.75 Å². The summed E-state index contributed by atoms with van der Waals surface area (Å²) in [4.78, 5) is 4.23. The van der Waals surface area contributed by atoms with Gasteiger partial charge in [-0.3, -0.25) is 0 Å². The fourth-order valence-corrected chi connectivity index (χ4v) is 2.07. The third kappa shape index (κ3) is 3.48. The van der Waals surface area contributed by atoms with Crippen LogP contribution >= 0.6 is 11.6 Å². The smallest absolute Gasteiger partial charge is 0.219 e. The van der Waals surface area contributed by atoms with Gasteiger partial charge in [-0.15, -0.1) is 11.6 Å². The lowest BCUT2D eigenvalue weighted by Crippen LogP contribution is -1.97. The standard InChI is InChI=1S/C16H18ClNO/c1-3-12(2)14-6-4-5-7-15(14)19-16-10-13(11-17)8-9-18-16/h4-10,12H,3,11H2,1-2H3. The number of ether oxygens (including phenoxy) is 1. The van der Waals surface area contributed by atoms with Crippen LogP contribution in [0.2, 0.25) is 0 Å². The highest BCUT2D eigenvalue weighted by molar-refractivity contribution is 6.17. The molecule has 1 atom stereocenters. The Labute approximate surface area is 119 Å². The summed E-state index contributed by atoms with van der Waals surface area (Å²) in [5, 5.41) is 0. The summed E-state index contributed by atoms with van der Waals surface area (Å²) < 4.78 is 5.91. The van der Waals surface area contributed by atoms with Crippen LogP contribution in [-0.2, 0) is 5.88 Å². The lowest BCUT2D eigenvalue weighted by Gasteiger charge is -2.15. The maximum atomic E-state index is 5.91. The van der Waals surface area contributed by atoms with E-state index < -0.39 is 0 Å². The Morgan fingerprint density at radius 3 is 2.79 bits per heavy atom. The molecule has 0 N–H and O–H groups in total. The molecule has 0 saturated heterocycles. The van der Waals surface area contributed by atoms with E-state index in [0.29, 0.717) is 17.7 Å². The van der Waals surface area contributed by atoms with Crippen LogP contribution in [0.25, 0.3) is 0 Å². The van der Waals surface area contributed by atoms with Crippen molar-refractivity contribution in [1.29, 1.82) is 0 Å². The van der Waals surface area contributed by atoms with Gasteiger partial charge in [0.15, 0.2) is 0 Å². The van der Waals surface area contributed by atoms with Gasteiger partial charge in [0.05, 0.1) is 0 Å². The zero-order chi connectivity index (χ0) is 13.7. The van der Waals surface area contributed by atoms with Gasteiger partial charge < -0.3 is 4.74 Å². The van der Waals surface area contributed by atoms with Crippen LogP contribution in [0.4, 0.5) is 0 Å². The molecule has 0 aliphatic heterocycles. The first-order chi connectivity index (χ1) is 9.24. The van der Waals surface area contributed by atoms with Crippen molar-refractivity contribution in [1.82, 2.24) is 4.98 Å². The minimum atomic E-state index is 0.464. The zero-order valence-electron chi connectivity index (χ0n) is 11.3. The normalized spacial score (nSPS) is 12.2. The van der Waals surface area contributed by atoms with Gasteiger partial charge in [-0.05, 0) is 35.6 Å². The van der Waals surface area contributed by atoms with Crippen LogP contribution in [0, 0.1) is 0 Å². The number of aromatic nitrogens is 1. The summed E-state index contributed by atoms with van der Waals surface area (Å²) in [5.74, 6) is 2.39. The fourth-order valence-electron chi connectivity index (χ4n) is 1.90. The van der Waals surface area contributed by atoms with E-state index in [4.69, 9.17) is 16.3 Å². The van der Waals surface area contributed by atoms with E-state index in [1.54, 1.807) is 6.20 Å². The molecule has 2 rings (SSSR count). The Morgan fingerprint density at radius 2 is 2.05 bits per heavy atom. The van der Waals surface area contributed by atoms with Crippen molar-refractivity contribution in [2.24, 2.45) is 0 Å². The molecule has 3 heteroatoms. The van der Waals surface area contributed by atoms with E-state index in [-0.39, 0.29) is 0 Å². The largest absolute Gasteiger partial charge is 0.439 e. The lowest BCUT2D eigenvalue weighted by atomic mass is 9.98. The highest BCUT2D eigenvalue weighted by Crippen LogP contribution is 2.31. The van der Waals surface area contributed by atoms with Crippen LogP contribution in [0.1, 0.15) is 37.3 Å². The van der Waals surface area contributed by atoms with Gasteiger partial charge in [0, 0.05) is 18.1 Å². The third-order valence-corrected chi connectivity index (χ3v) is 3.54. The molecule has 0 aliphatic carbocycles. The predicted octanol–water partition coefficient (Wildman–Crippen LogP) is 5.13. The number of benzene rings is 1. The fraction of sp³-hybridized carbons (Fsp3) is 0.312. The number of hydrogen-bond acceptors (Lipinski definition) is 2. The van der Waals surface area contributed by atoms with E-state index in [1.165, 1.54) is 5.56 Å². The van der Waals surface area contributed by atoms with Gasteiger partial charge in [-0.1, -0.05) is 32.0 Å². The van der Waals surface area contributed by atoms with Crippen LogP contribution in [0.3, 0.4) is 0 Å². The summed E-state index contributed by atoms with van der Waals surface area (Å²) in [7, 11) is 0. The predicted molar refractivity (Wildman–Crippen MR) is 79.0 cm³/mol. The Bertz CT molecular complexity index is 542. The molecule has 19 heavy (non-hydrogen) atoms. The van der Waals surface area contributed by atoms with Gasteiger partial charge >= 0.3 is 0 Å². The third-order valence-electron chi connectivity index (χ3n) is 3.23. The highest BCUT2D eigenvalue weighted by atomic mass is 35.5. The summed E-state index contributed by atoms with van der Waals surface area (Å²) in [5.41, 5.74) is 2.22. The maximum Gasteiger partial charge on any atom is 0.219 e. The Hall–Kier alpha value is -1.54. The molecule has 0 bridgehead atoms. The molecule has 1 aromatic carbocycles. The maximum absolute atomic E-state index is 5.91. The zero-order valence-corrected chi connectivity index (χ0v) is 12.0. The second-order valence-electron chi connectivity index (χ2n) is 4.59. The monoisotopic (exact) mass is 275 g/mol. The second-order valence-corrected chi connectivity index (χ2v) is 4.85. The molecule has 0 fully saturated rings. The van der Waals surface area contributed by atoms with Crippen molar-refractivity contribution in [2.75, 3.05) is 0 Å². The second kappa shape index (κ2) is 6.58. The number of alkyl halides is 1. The summed E-state index contributed by atoms with van der Waals surface area (Å²) >= 11 is 5.82. The first kappa shape index (κ1) is 13.9. The minimum absolute atomic E-state index is 0.464. The van der Waals surface area contributed by atoms with Gasteiger partial charge in [-0.2, -0.15) is 0 Å².